The molecule has 7 heteroatoms. The van der Waals surface area contributed by atoms with Gasteiger partial charge in [-0.15, -0.1) is 11.8 Å². The molecule has 0 aliphatic carbocycles. The summed E-state index contributed by atoms with van der Waals surface area (Å²) in [5, 5.41) is 9.24. The number of ether oxygens (including phenoxy) is 1. The largest absolute Gasteiger partial charge is 0.433 e. The molecule has 1 aliphatic rings. The molecule has 0 saturated carbocycles. The van der Waals surface area contributed by atoms with Crippen molar-refractivity contribution in [1.29, 1.82) is 5.26 Å². The monoisotopic (exact) mass is 288 g/mol. The zero-order valence-corrected chi connectivity index (χ0v) is 10.7. The van der Waals surface area contributed by atoms with Gasteiger partial charge in [-0.2, -0.15) is 18.4 Å². The smallest absolute Gasteiger partial charge is 0.381 e. The number of hydrogen-bond donors (Lipinski definition) is 0. The lowest BCUT2D eigenvalue weighted by molar-refractivity contribution is -0.141. The second kappa shape index (κ2) is 5.80. The van der Waals surface area contributed by atoms with Crippen molar-refractivity contribution in [3.63, 3.8) is 0 Å². The molecule has 2 heterocycles. The molecule has 0 aromatic carbocycles. The maximum Gasteiger partial charge on any atom is 0.433 e. The minimum absolute atomic E-state index is 0.150. The van der Waals surface area contributed by atoms with Crippen molar-refractivity contribution in [3.8, 4) is 6.07 Å². The molecule has 1 saturated heterocycles. The summed E-state index contributed by atoms with van der Waals surface area (Å²) in [5.41, 5.74) is -0.773. The van der Waals surface area contributed by atoms with Crippen molar-refractivity contribution in [1.82, 2.24) is 4.98 Å². The van der Waals surface area contributed by atoms with E-state index in [1.54, 1.807) is 0 Å². The van der Waals surface area contributed by atoms with Gasteiger partial charge in [-0.05, 0) is 25.0 Å². The van der Waals surface area contributed by atoms with E-state index in [1.165, 1.54) is 17.8 Å². The van der Waals surface area contributed by atoms with Crippen LogP contribution in [0.1, 0.15) is 24.1 Å². The number of aromatic nitrogens is 1. The molecule has 0 N–H and O–H groups in total. The first kappa shape index (κ1) is 14.2. The predicted molar refractivity (Wildman–Crippen MR) is 63.7 cm³/mol. The number of rotatable bonds is 2. The Labute approximate surface area is 112 Å². The van der Waals surface area contributed by atoms with Gasteiger partial charge in [0.1, 0.15) is 16.8 Å². The summed E-state index contributed by atoms with van der Waals surface area (Å²) in [6.45, 7) is 1.19. The second-order valence-electron chi connectivity index (χ2n) is 4.09. The van der Waals surface area contributed by atoms with Gasteiger partial charge in [0.15, 0.2) is 0 Å². The fraction of sp³-hybridized carbons (Fsp3) is 0.500. The first-order valence-corrected chi connectivity index (χ1v) is 6.61. The molecule has 0 spiro atoms. The third kappa shape index (κ3) is 3.61. The molecular weight excluding hydrogens is 277 g/mol. The van der Waals surface area contributed by atoms with Gasteiger partial charge >= 0.3 is 6.18 Å². The summed E-state index contributed by atoms with van der Waals surface area (Å²) in [4.78, 5) is 3.58. The van der Waals surface area contributed by atoms with Crippen LogP contribution in [0.5, 0.6) is 0 Å². The minimum Gasteiger partial charge on any atom is -0.381 e. The van der Waals surface area contributed by atoms with Crippen LogP contribution in [0.3, 0.4) is 0 Å². The van der Waals surface area contributed by atoms with Crippen LogP contribution in [-0.2, 0) is 10.9 Å². The Bertz CT molecular complexity index is 493. The molecular formula is C12H11F3N2OS. The molecule has 0 radical (unpaired) electrons. The number of thioether (sulfide) groups is 1. The standard InChI is InChI=1S/C12H11F3N2OS/c13-12(14,15)10-2-1-8(7-16)11(17-10)19-9-3-5-18-6-4-9/h1-2,9H,3-6H2. The molecule has 2 rings (SSSR count). The Balaban J connectivity index is 2.23. The van der Waals surface area contributed by atoms with Crippen LogP contribution in [0, 0.1) is 11.3 Å². The van der Waals surface area contributed by atoms with Crippen molar-refractivity contribution in [3.05, 3.63) is 23.4 Å². The van der Waals surface area contributed by atoms with E-state index in [2.05, 4.69) is 4.98 Å². The van der Waals surface area contributed by atoms with Gasteiger partial charge in [0.05, 0.1) is 5.56 Å². The molecule has 19 heavy (non-hydrogen) atoms. The first-order valence-electron chi connectivity index (χ1n) is 5.73. The summed E-state index contributed by atoms with van der Waals surface area (Å²) in [5.74, 6) is 0. The maximum atomic E-state index is 12.6. The first-order chi connectivity index (χ1) is 9.00. The lowest BCUT2D eigenvalue weighted by Gasteiger charge is -2.21. The van der Waals surface area contributed by atoms with E-state index in [1.807, 2.05) is 6.07 Å². The summed E-state index contributed by atoms with van der Waals surface area (Å²) < 4.78 is 43.0. The molecule has 102 valence electrons. The average Bonchev–Trinajstić information content (AvgIpc) is 2.39. The van der Waals surface area contributed by atoms with E-state index in [0.29, 0.717) is 13.2 Å². The third-order valence-corrected chi connectivity index (χ3v) is 4.06. The third-order valence-electron chi connectivity index (χ3n) is 2.72. The Morgan fingerprint density at radius 2 is 2.00 bits per heavy atom. The van der Waals surface area contributed by atoms with Crippen LogP contribution in [0.25, 0.3) is 0 Å². The Morgan fingerprint density at radius 3 is 2.58 bits per heavy atom. The van der Waals surface area contributed by atoms with Crippen LogP contribution < -0.4 is 0 Å². The molecule has 0 atom stereocenters. The maximum absolute atomic E-state index is 12.6. The van der Waals surface area contributed by atoms with E-state index in [0.717, 1.165) is 18.9 Å². The highest BCUT2D eigenvalue weighted by Crippen LogP contribution is 2.34. The quantitative estimate of drug-likeness (QED) is 0.838. The van der Waals surface area contributed by atoms with Crippen molar-refractivity contribution in [2.75, 3.05) is 13.2 Å². The van der Waals surface area contributed by atoms with Crippen LogP contribution in [0.15, 0.2) is 17.2 Å². The number of nitrogens with zero attached hydrogens (tertiary/aromatic N) is 2. The zero-order valence-electron chi connectivity index (χ0n) is 9.91. The zero-order chi connectivity index (χ0) is 13.9. The van der Waals surface area contributed by atoms with E-state index in [-0.39, 0.29) is 15.8 Å². The van der Waals surface area contributed by atoms with Crippen molar-refractivity contribution >= 4 is 11.8 Å². The van der Waals surface area contributed by atoms with Gasteiger partial charge in [-0.25, -0.2) is 4.98 Å². The molecule has 1 aromatic rings. The highest BCUT2D eigenvalue weighted by molar-refractivity contribution is 7.99. The number of nitriles is 1. The van der Waals surface area contributed by atoms with Gasteiger partial charge in [-0.1, -0.05) is 0 Å². The number of alkyl halides is 3. The summed E-state index contributed by atoms with van der Waals surface area (Å²) in [7, 11) is 0. The SMILES string of the molecule is N#Cc1ccc(C(F)(F)F)nc1SC1CCOCC1. The summed E-state index contributed by atoms with van der Waals surface area (Å²) in [6, 6.07) is 3.90. The van der Waals surface area contributed by atoms with Crippen molar-refractivity contribution < 1.29 is 17.9 Å². The molecule has 0 amide bonds. The average molecular weight is 288 g/mol. The highest BCUT2D eigenvalue weighted by Gasteiger charge is 2.33. The Morgan fingerprint density at radius 1 is 1.32 bits per heavy atom. The summed E-state index contributed by atoms with van der Waals surface area (Å²) in [6.07, 6.45) is -2.97. The van der Waals surface area contributed by atoms with Gasteiger partial charge in [0.2, 0.25) is 0 Å². The van der Waals surface area contributed by atoms with Crippen LogP contribution in [-0.4, -0.2) is 23.4 Å². The highest BCUT2D eigenvalue weighted by atomic mass is 32.2. The molecule has 1 aromatic heterocycles. The topological polar surface area (TPSA) is 45.9 Å². The normalized spacial score (nSPS) is 17.2. The Kier molecular flexibility index (Phi) is 4.32. The predicted octanol–water partition coefficient (Wildman–Crippen LogP) is 3.24. The van der Waals surface area contributed by atoms with E-state index < -0.39 is 11.9 Å². The molecule has 3 nitrogen and oxygen atoms in total. The molecule has 1 aliphatic heterocycles. The van der Waals surface area contributed by atoms with E-state index >= 15 is 0 Å². The fourth-order valence-electron chi connectivity index (χ4n) is 1.72. The number of hydrogen-bond acceptors (Lipinski definition) is 4. The van der Waals surface area contributed by atoms with Gasteiger partial charge in [0, 0.05) is 18.5 Å². The van der Waals surface area contributed by atoms with Gasteiger partial charge in [-0.3, -0.25) is 0 Å². The minimum atomic E-state index is -4.49. The number of halogens is 3. The van der Waals surface area contributed by atoms with Crippen LogP contribution in [0.2, 0.25) is 0 Å². The molecule has 0 bridgehead atoms. The van der Waals surface area contributed by atoms with Gasteiger partial charge in [0.25, 0.3) is 0 Å². The number of pyridine rings is 1. The van der Waals surface area contributed by atoms with Crippen molar-refractivity contribution in [2.45, 2.75) is 29.3 Å². The Hall–Kier alpha value is -1.26. The molecule has 0 unspecified atom stereocenters. The van der Waals surface area contributed by atoms with Crippen LogP contribution >= 0.6 is 11.8 Å². The molecule has 1 fully saturated rings. The van der Waals surface area contributed by atoms with Crippen LogP contribution in [0.4, 0.5) is 13.2 Å². The fourth-order valence-corrected chi connectivity index (χ4v) is 2.86. The lowest BCUT2D eigenvalue weighted by atomic mass is 10.2. The van der Waals surface area contributed by atoms with Crippen molar-refractivity contribution in [2.24, 2.45) is 0 Å². The van der Waals surface area contributed by atoms with E-state index in [4.69, 9.17) is 10.00 Å². The second-order valence-corrected chi connectivity index (χ2v) is 5.38. The lowest BCUT2D eigenvalue weighted by Crippen LogP contribution is -2.18. The van der Waals surface area contributed by atoms with Gasteiger partial charge < -0.3 is 4.74 Å². The van der Waals surface area contributed by atoms with E-state index in [9.17, 15) is 13.2 Å². The summed E-state index contributed by atoms with van der Waals surface area (Å²) >= 11 is 1.23.